The Morgan fingerprint density at radius 3 is 2.62 bits per heavy atom. The second kappa shape index (κ2) is 2.55. The predicted molar refractivity (Wildman–Crippen MR) is 51.6 cm³/mol. The fraction of sp³-hybridized carbons (Fsp3) is 0.400. The first-order chi connectivity index (χ1) is 6.07. The molecular formula is C10H13N3. The third-order valence-electron chi connectivity index (χ3n) is 2.07. The highest BCUT2D eigenvalue weighted by atomic mass is 15.1. The topological polar surface area (TPSA) is 30.7 Å². The van der Waals surface area contributed by atoms with E-state index in [0.717, 1.165) is 11.4 Å². The van der Waals surface area contributed by atoms with Crippen LogP contribution in [-0.2, 0) is 5.54 Å². The molecule has 3 nitrogen and oxygen atoms in total. The average molecular weight is 175 g/mol. The molecule has 0 saturated heterocycles. The highest BCUT2D eigenvalue weighted by molar-refractivity contribution is 5.53. The molecule has 0 radical (unpaired) electrons. The molecule has 0 amide bonds. The summed E-state index contributed by atoms with van der Waals surface area (Å²) < 4.78 is 2.07. The minimum Gasteiger partial charge on any atom is -0.331 e. The summed E-state index contributed by atoms with van der Waals surface area (Å²) >= 11 is 0. The molecule has 2 aliphatic rings. The van der Waals surface area contributed by atoms with Crippen molar-refractivity contribution >= 4 is 0 Å². The molecule has 0 aromatic rings. The molecule has 0 saturated carbocycles. The third-order valence-corrected chi connectivity index (χ3v) is 2.07. The molecule has 0 N–H and O–H groups in total. The van der Waals surface area contributed by atoms with Crippen molar-refractivity contribution in [2.24, 2.45) is 0 Å². The van der Waals surface area contributed by atoms with Crippen molar-refractivity contribution in [1.82, 2.24) is 14.5 Å². The lowest BCUT2D eigenvalue weighted by molar-refractivity contribution is 0.390. The van der Waals surface area contributed by atoms with Gasteiger partial charge in [0.05, 0.1) is 12.0 Å². The van der Waals surface area contributed by atoms with E-state index in [-0.39, 0.29) is 5.54 Å². The van der Waals surface area contributed by atoms with Gasteiger partial charge in [-0.1, -0.05) is 0 Å². The molecule has 0 unspecified atom stereocenters. The SMILES string of the molecule is CC(C)(C)n1cnc2ccnc-2c1. The van der Waals surface area contributed by atoms with E-state index in [0.29, 0.717) is 0 Å². The molecule has 0 fully saturated rings. The zero-order valence-electron chi connectivity index (χ0n) is 8.15. The molecule has 3 heteroatoms. The summed E-state index contributed by atoms with van der Waals surface area (Å²) in [4.78, 5) is 8.52. The smallest absolute Gasteiger partial charge is 0.105 e. The molecule has 0 spiro atoms. The summed E-state index contributed by atoms with van der Waals surface area (Å²) in [6.07, 6.45) is 5.66. The van der Waals surface area contributed by atoms with Gasteiger partial charge in [0.25, 0.3) is 0 Å². The van der Waals surface area contributed by atoms with Gasteiger partial charge < -0.3 is 4.57 Å². The maximum Gasteiger partial charge on any atom is 0.105 e. The van der Waals surface area contributed by atoms with Crippen molar-refractivity contribution in [2.75, 3.05) is 0 Å². The molecule has 0 aromatic carbocycles. The fourth-order valence-corrected chi connectivity index (χ4v) is 1.20. The van der Waals surface area contributed by atoms with Crippen LogP contribution in [0, 0.1) is 0 Å². The Bertz CT molecular complexity index is 384. The number of aromatic nitrogens is 3. The van der Waals surface area contributed by atoms with E-state index < -0.39 is 0 Å². The van der Waals surface area contributed by atoms with Gasteiger partial charge in [-0.2, -0.15) is 0 Å². The van der Waals surface area contributed by atoms with Crippen LogP contribution in [0.2, 0.25) is 0 Å². The molecule has 2 rings (SSSR count). The van der Waals surface area contributed by atoms with E-state index in [2.05, 4.69) is 35.3 Å². The molecule has 2 heterocycles. The lowest BCUT2D eigenvalue weighted by Gasteiger charge is -2.23. The van der Waals surface area contributed by atoms with Gasteiger partial charge in [0.15, 0.2) is 0 Å². The first-order valence-electron chi connectivity index (χ1n) is 4.36. The van der Waals surface area contributed by atoms with Gasteiger partial charge in [-0.3, -0.25) is 4.98 Å². The quantitative estimate of drug-likeness (QED) is 0.614. The van der Waals surface area contributed by atoms with E-state index in [1.807, 2.05) is 18.6 Å². The van der Waals surface area contributed by atoms with Crippen molar-refractivity contribution in [3.05, 3.63) is 24.8 Å². The molecule has 13 heavy (non-hydrogen) atoms. The zero-order chi connectivity index (χ0) is 9.47. The van der Waals surface area contributed by atoms with Crippen molar-refractivity contribution in [2.45, 2.75) is 26.3 Å². The number of nitrogens with zero attached hydrogens (tertiary/aromatic N) is 3. The molecule has 2 aliphatic heterocycles. The molecule has 0 aromatic heterocycles. The molecule has 0 bridgehead atoms. The highest BCUT2D eigenvalue weighted by Crippen LogP contribution is 2.19. The van der Waals surface area contributed by atoms with Gasteiger partial charge >= 0.3 is 0 Å². The maximum absolute atomic E-state index is 4.31. The monoisotopic (exact) mass is 175 g/mol. The summed E-state index contributed by atoms with van der Waals surface area (Å²) in [5.74, 6) is 0. The van der Waals surface area contributed by atoms with Gasteiger partial charge in [-0.25, -0.2) is 4.98 Å². The first-order valence-corrected chi connectivity index (χ1v) is 4.36. The lowest BCUT2D eigenvalue weighted by atomic mass is 10.1. The van der Waals surface area contributed by atoms with Crippen molar-refractivity contribution in [1.29, 1.82) is 0 Å². The average Bonchev–Trinajstić information content (AvgIpc) is 2.47. The van der Waals surface area contributed by atoms with Crippen molar-refractivity contribution < 1.29 is 0 Å². The number of fused-ring (bicyclic) bond motifs is 1. The third kappa shape index (κ3) is 1.41. The Kier molecular flexibility index (Phi) is 1.62. The Hall–Kier alpha value is -1.38. The van der Waals surface area contributed by atoms with Crippen LogP contribution in [0.1, 0.15) is 20.8 Å². The molecule has 68 valence electrons. The summed E-state index contributed by atoms with van der Waals surface area (Å²) in [5.41, 5.74) is 1.98. The van der Waals surface area contributed by atoms with E-state index >= 15 is 0 Å². The number of hydrogen-bond donors (Lipinski definition) is 0. The first kappa shape index (κ1) is 8.23. The predicted octanol–water partition coefficient (Wildman–Crippen LogP) is 2.14. The van der Waals surface area contributed by atoms with Crippen LogP contribution in [-0.4, -0.2) is 14.5 Å². The van der Waals surface area contributed by atoms with Gasteiger partial charge in [0.1, 0.15) is 5.69 Å². The second-order valence-corrected chi connectivity index (χ2v) is 4.17. The van der Waals surface area contributed by atoms with E-state index in [9.17, 15) is 0 Å². The fourth-order valence-electron chi connectivity index (χ4n) is 1.20. The standard InChI is InChI=1S/C10H13N3/c1-10(2,3)13-6-9-8(12-7-13)4-5-11-9/h4-7H,1-3H3. The number of rotatable bonds is 0. The minimum atomic E-state index is 0.0696. The largest absolute Gasteiger partial charge is 0.331 e. The van der Waals surface area contributed by atoms with Crippen LogP contribution >= 0.6 is 0 Å². The maximum atomic E-state index is 4.31. The van der Waals surface area contributed by atoms with Gasteiger partial charge in [-0.15, -0.1) is 0 Å². The Labute approximate surface area is 77.8 Å². The normalized spacial score (nSPS) is 12.2. The van der Waals surface area contributed by atoms with Crippen LogP contribution in [0.5, 0.6) is 0 Å². The summed E-state index contributed by atoms with van der Waals surface area (Å²) in [6.45, 7) is 6.43. The Balaban J connectivity index is 2.56. The number of hydrogen-bond acceptors (Lipinski definition) is 2. The summed E-state index contributed by atoms with van der Waals surface area (Å²) in [7, 11) is 0. The lowest BCUT2D eigenvalue weighted by Crippen LogP contribution is -2.22. The van der Waals surface area contributed by atoms with Crippen molar-refractivity contribution in [3.63, 3.8) is 0 Å². The van der Waals surface area contributed by atoms with E-state index in [1.165, 1.54) is 0 Å². The Morgan fingerprint density at radius 1 is 1.15 bits per heavy atom. The van der Waals surface area contributed by atoms with Crippen LogP contribution in [0.25, 0.3) is 11.4 Å². The van der Waals surface area contributed by atoms with Gasteiger partial charge in [0, 0.05) is 17.9 Å². The van der Waals surface area contributed by atoms with Crippen LogP contribution < -0.4 is 0 Å². The van der Waals surface area contributed by atoms with Crippen molar-refractivity contribution in [3.8, 4) is 11.4 Å². The summed E-state index contributed by atoms with van der Waals surface area (Å²) in [5, 5.41) is 0. The molecule has 0 aliphatic carbocycles. The van der Waals surface area contributed by atoms with Gasteiger partial charge in [-0.05, 0) is 26.8 Å². The highest BCUT2D eigenvalue weighted by Gasteiger charge is 2.14. The summed E-state index contributed by atoms with van der Waals surface area (Å²) in [6, 6.07) is 1.92. The van der Waals surface area contributed by atoms with Crippen LogP contribution in [0.4, 0.5) is 0 Å². The van der Waals surface area contributed by atoms with Crippen LogP contribution in [0.3, 0.4) is 0 Å². The van der Waals surface area contributed by atoms with E-state index in [1.54, 1.807) is 6.20 Å². The second-order valence-electron chi connectivity index (χ2n) is 4.17. The molecular weight excluding hydrogens is 162 g/mol. The Morgan fingerprint density at radius 2 is 1.92 bits per heavy atom. The van der Waals surface area contributed by atoms with Gasteiger partial charge in [0.2, 0.25) is 0 Å². The van der Waals surface area contributed by atoms with E-state index in [4.69, 9.17) is 0 Å². The zero-order valence-corrected chi connectivity index (χ0v) is 8.15. The minimum absolute atomic E-state index is 0.0696. The van der Waals surface area contributed by atoms with Crippen LogP contribution in [0.15, 0.2) is 24.8 Å². The molecule has 0 atom stereocenters.